The summed E-state index contributed by atoms with van der Waals surface area (Å²) in [4.78, 5) is 42.1. The number of carbonyl (C=O) groups is 3. The van der Waals surface area contributed by atoms with Crippen molar-refractivity contribution in [2.45, 2.75) is 45.7 Å². The van der Waals surface area contributed by atoms with Crippen LogP contribution in [0, 0.1) is 17.8 Å². The lowest BCUT2D eigenvalue weighted by molar-refractivity contribution is -0.152. The molecule has 0 radical (unpaired) electrons. The Bertz CT molecular complexity index is 826. The van der Waals surface area contributed by atoms with E-state index in [1.54, 1.807) is 25.2 Å². The number of hydrogen-bond acceptors (Lipinski definition) is 3. The fourth-order valence-electron chi connectivity index (χ4n) is 4.13. The molecule has 3 atom stereocenters. The molecule has 1 aliphatic carbocycles. The molecule has 5 nitrogen and oxygen atoms in total. The van der Waals surface area contributed by atoms with Crippen LogP contribution in [-0.2, 0) is 20.9 Å². The Kier molecular flexibility index (Phi) is 6.69. The molecule has 0 N–H and O–H groups in total. The molecule has 1 aromatic carbocycles. The molecule has 0 saturated carbocycles. The van der Waals surface area contributed by atoms with Gasteiger partial charge in [-0.25, -0.2) is 0 Å². The van der Waals surface area contributed by atoms with Gasteiger partial charge in [-0.15, -0.1) is 0 Å². The number of rotatable bonds is 6. The predicted octanol–water partition coefficient (Wildman–Crippen LogP) is 4.32. The molecule has 1 aliphatic heterocycles. The van der Waals surface area contributed by atoms with Crippen molar-refractivity contribution < 1.29 is 14.4 Å². The normalized spacial score (nSPS) is 22.2. The summed E-state index contributed by atoms with van der Waals surface area (Å²) in [6.07, 6.45) is 5.45. The Balaban J connectivity index is 1.83. The van der Waals surface area contributed by atoms with E-state index in [1.807, 2.05) is 26.0 Å². The number of halogens is 2. The smallest absolute Gasteiger partial charge is 0.245 e. The van der Waals surface area contributed by atoms with E-state index >= 15 is 0 Å². The summed E-state index contributed by atoms with van der Waals surface area (Å²) >= 11 is 12.2. The highest BCUT2D eigenvalue weighted by Gasteiger charge is 2.51. The summed E-state index contributed by atoms with van der Waals surface area (Å²) in [6.45, 7) is 4.24. The fraction of sp³-hybridized carbons (Fsp3) is 0.500. The van der Waals surface area contributed by atoms with Crippen molar-refractivity contribution in [1.29, 1.82) is 0 Å². The summed E-state index contributed by atoms with van der Waals surface area (Å²) < 4.78 is 0. The summed E-state index contributed by atoms with van der Waals surface area (Å²) in [5.41, 5.74) is 0.757. The maximum absolute atomic E-state index is 13.3. The van der Waals surface area contributed by atoms with Crippen LogP contribution >= 0.6 is 23.2 Å². The number of amides is 3. The first kappa shape index (κ1) is 21.8. The van der Waals surface area contributed by atoms with Crippen LogP contribution in [0.5, 0.6) is 0 Å². The molecule has 7 heteroatoms. The molecule has 1 fully saturated rings. The summed E-state index contributed by atoms with van der Waals surface area (Å²) in [6, 6.07) is 4.33. The topological polar surface area (TPSA) is 57.7 Å². The highest BCUT2D eigenvalue weighted by Crippen LogP contribution is 2.37. The molecule has 0 bridgehead atoms. The zero-order valence-corrected chi connectivity index (χ0v) is 18.4. The van der Waals surface area contributed by atoms with Crippen LogP contribution in [0.1, 0.15) is 38.7 Å². The fourth-order valence-corrected chi connectivity index (χ4v) is 4.60. The van der Waals surface area contributed by atoms with E-state index < -0.39 is 6.04 Å². The Morgan fingerprint density at radius 3 is 2.24 bits per heavy atom. The number of benzene rings is 1. The highest BCUT2D eigenvalue weighted by molar-refractivity contribution is 6.35. The van der Waals surface area contributed by atoms with Gasteiger partial charge < -0.3 is 4.90 Å². The maximum Gasteiger partial charge on any atom is 0.245 e. The summed E-state index contributed by atoms with van der Waals surface area (Å²) in [7, 11) is 1.67. The van der Waals surface area contributed by atoms with Crippen LogP contribution in [0.4, 0.5) is 0 Å². The van der Waals surface area contributed by atoms with Crippen molar-refractivity contribution in [3.8, 4) is 0 Å². The van der Waals surface area contributed by atoms with Crippen LogP contribution in [0.2, 0.25) is 10.0 Å². The van der Waals surface area contributed by atoms with E-state index in [-0.39, 0.29) is 42.0 Å². The number of carbonyl (C=O) groups excluding carboxylic acids is 3. The lowest BCUT2D eigenvalue weighted by Crippen LogP contribution is -2.50. The number of imide groups is 1. The Morgan fingerprint density at radius 2 is 1.72 bits per heavy atom. The zero-order valence-electron chi connectivity index (χ0n) is 16.9. The first-order valence-corrected chi connectivity index (χ1v) is 10.7. The minimum atomic E-state index is -0.795. The van der Waals surface area contributed by atoms with Crippen LogP contribution in [0.15, 0.2) is 30.4 Å². The van der Waals surface area contributed by atoms with E-state index in [9.17, 15) is 14.4 Å². The molecular weight excluding hydrogens is 411 g/mol. The van der Waals surface area contributed by atoms with Crippen molar-refractivity contribution in [3.63, 3.8) is 0 Å². The molecule has 156 valence electrons. The van der Waals surface area contributed by atoms with Crippen molar-refractivity contribution in [3.05, 3.63) is 46.0 Å². The van der Waals surface area contributed by atoms with Gasteiger partial charge in [-0.05, 0) is 42.9 Å². The number of hydrogen-bond donors (Lipinski definition) is 0. The Labute approximate surface area is 181 Å². The van der Waals surface area contributed by atoms with Gasteiger partial charge >= 0.3 is 0 Å². The van der Waals surface area contributed by atoms with Crippen molar-refractivity contribution >= 4 is 40.9 Å². The van der Waals surface area contributed by atoms with E-state index in [1.165, 1.54) is 9.80 Å². The lowest BCUT2D eigenvalue weighted by Gasteiger charge is -2.31. The zero-order chi connectivity index (χ0) is 21.3. The van der Waals surface area contributed by atoms with Crippen molar-refractivity contribution in [2.75, 3.05) is 7.05 Å². The minimum Gasteiger partial charge on any atom is -0.340 e. The van der Waals surface area contributed by atoms with Crippen LogP contribution in [-0.4, -0.2) is 40.6 Å². The van der Waals surface area contributed by atoms with E-state index in [4.69, 9.17) is 23.2 Å². The van der Waals surface area contributed by atoms with Gasteiger partial charge in [0.05, 0.1) is 11.8 Å². The van der Waals surface area contributed by atoms with Gasteiger partial charge in [0.2, 0.25) is 17.7 Å². The first-order chi connectivity index (χ1) is 13.7. The van der Waals surface area contributed by atoms with E-state index in [0.717, 1.165) is 5.56 Å². The average molecular weight is 437 g/mol. The molecule has 1 saturated heterocycles. The predicted molar refractivity (Wildman–Crippen MR) is 113 cm³/mol. The number of fused-ring (bicyclic) bond motifs is 1. The first-order valence-electron chi connectivity index (χ1n) is 9.91. The van der Waals surface area contributed by atoms with E-state index in [2.05, 4.69) is 0 Å². The summed E-state index contributed by atoms with van der Waals surface area (Å²) in [5.74, 6) is -1.23. The Hall–Kier alpha value is -1.85. The Morgan fingerprint density at radius 1 is 1.14 bits per heavy atom. The second kappa shape index (κ2) is 8.88. The molecule has 0 aromatic heterocycles. The van der Waals surface area contributed by atoms with Crippen molar-refractivity contribution in [2.24, 2.45) is 17.8 Å². The van der Waals surface area contributed by atoms with E-state index in [0.29, 0.717) is 29.3 Å². The molecule has 29 heavy (non-hydrogen) atoms. The molecule has 1 aromatic rings. The third-order valence-corrected chi connectivity index (χ3v) is 6.22. The molecular formula is C22H26Cl2N2O3. The number of likely N-dealkylation sites (tertiary alicyclic amines) is 1. The molecule has 2 aliphatic rings. The SMILES string of the molecule is CC(C)CC(C(=O)N(C)Cc1ccc(Cl)cc1Cl)N1C(=O)C2CC=CCC2C1=O. The molecule has 3 unspecified atom stereocenters. The standard InChI is InChI=1S/C22H26Cl2N2O3/c1-13(2)10-19(26-20(27)16-6-4-5-7-17(16)21(26)28)22(29)25(3)12-14-8-9-15(23)11-18(14)24/h4-5,8-9,11,13,16-17,19H,6-7,10,12H2,1-3H3. The quantitative estimate of drug-likeness (QED) is 0.492. The number of likely N-dealkylation sites (N-methyl/N-ethyl adjacent to an activating group) is 1. The monoisotopic (exact) mass is 436 g/mol. The second-order valence-electron chi connectivity index (χ2n) is 8.28. The maximum atomic E-state index is 13.3. The lowest BCUT2D eigenvalue weighted by atomic mass is 9.85. The minimum absolute atomic E-state index is 0.151. The molecule has 3 rings (SSSR count). The molecule has 3 amide bonds. The van der Waals surface area contributed by atoms with Crippen LogP contribution in [0.3, 0.4) is 0 Å². The van der Waals surface area contributed by atoms with Gasteiger partial charge in [0.25, 0.3) is 0 Å². The largest absolute Gasteiger partial charge is 0.340 e. The summed E-state index contributed by atoms with van der Waals surface area (Å²) in [5, 5.41) is 0.998. The van der Waals surface area contributed by atoms with Gasteiger partial charge in [-0.1, -0.05) is 55.3 Å². The third kappa shape index (κ3) is 4.51. The third-order valence-electron chi connectivity index (χ3n) is 5.63. The van der Waals surface area contributed by atoms with Crippen LogP contribution < -0.4 is 0 Å². The van der Waals surface area contributed by atoms with Crippen LogP contribution in [0.25, 0.3) is 0 Å². The average Bonchev–Trinajstić information content (AvgIpc) is 2.92. The highest BCUT2D eigenvalue weighted by atomic mass is 35.5. The molecule has 1 heterocycles. The van der Waals surface area contributed by atoms with Gasteiger partial charge in [0, 0.05) is 23.6 Å². The second-order valence-corrected chi connectivity index (χ2v) is 9.12. The van der Waals surface area contributed by atoms with Gasteiger partial charge in [-0.2, -0.15) is 0 Å². The van der Waals surface area contributed by atoms with Gasteiger partial charge in [0.1, 0.15) is 6.04 Å². The molecule has 0 spiro atoms. The van der Waals surface area contributed by atoms with Crippen molar-refractivity contribution in [1.82, 2.24) is 9.80 Å². The van der Waals surface area contributed by atoms with Gasteiger partial charge in [0.15, 0.2) is 0 Å². The number of allylic oxidation sites excluding steroid dienone is 2. The van der Waals surface area contributed by atoms with Gasteiger partial charge in [-0.3, -0.25) is 19.3 Å². The number of nitrogens with zero attached hydrogens (tertiary/aromatic N) is 2.